The van der Waals surface area contributed by atoms with Crippen LogP contribution in [0.25, 0.3) is 0 Å². The van der Waals surface area contributed by atoms with Crippen LogP contribution in [0.3, 0.4) is 0 Å². The van der Waals surface area contributed by atoms with Gasteiger partial charge in [0.05, 0.1) is 6.20 Å². The Morgan fingerprint density at radius 1 is 1.19 bits per heavy atom. The van der Waals surface area contributed by atoms with Crippen LogP contribution in [-0.2, 0) is 0 Å². The maximum Gasteiger partial charge on any atom is 0.387 e. The van der Waals surface area contributed by atoms with Crippen molar-refractivity contribution >= 4 is 17.5 Å². The second kappa shape index (κ2) is 9.03. The summed E-state index contributed by atoms with van der Waals surface area (Å²) in [4.78, 5) is 27.4. The quantitative estimate of drug-likeness (QED) is 0.642. The number of ether oxygens (including phenoxy) is 1. The van der Waals surface area contributed by atoms with Crippen LogP contribution in [0, 0.1) is 6.92 Å². The summed E-state index contributed by atoms with van der Waals surface area (Å²) in [5, 5.41) is 2.64. The van der Waals surface area contributed by atoms with Crippen molar-refractivity contribution in [1.29, 1.82) is 0 Å². The van der Waals surface area contributed by atoms with Gasteiger partial charge in [-0.25, -0.2) is 9.97 Å². The number of carbonyl (C=O) groups excluding carboxylic acids is 1. The third-order valence-corrected chi connectivity index (χ3v) is 5.24. The molecule has 0 aliphatic carbocycles. The van der Waals surface area contributed by atoms with Gasteiger partial charge >= 0.3 is 6.61 Å². The van der Waals surface area contributed by atoms with E-state index in [9.17, 15) is 13.6 Å². The highest BCUT2D eigenvalue weighted by Gasteiger charge is 2.26. The molecule has 1 fully saturated rings. The van der Waals surface area contributed by atoms with Gasteiger partial charge in [0.2, 0.25) is 0 Å². The number of halogens is 2. The number of rotatable bonds is 6. The maximum atomic E-state index is 12.7. The van der Waals surface area contributed by atoms with Crippen molar-refractivity contribution < 1.29 is 18.3 Å². The Hall–Kier alpha value is -3.62. The van der Waals surface area contributed by atoms with Crippen molar-refractivity contribution in [3.8, 4) is 5.75 Å². The van der Waals surface area contributed by atoms with Crippen molar-refractivity contribution in [2.45, 2.75) is 25.9 Å². The smallest absolute Gasteiger partial charge is 0.387 e. The van der Waals surface area contributed by atoms with Crippen LogP contribution in [-0.4, -0.2) is 40.6 Å². The molecule has 4 rings (SSSR count). The highest BCUT2D eigenvalue weighted by atomic mass is 19.3. The number of aryl methyl sites for hydroxylation is 1. The topological polar surface area (TPSA) is 80.2 Å². The normalized spacial score (nSPS) is 15.9. The van der Waals surface area contributed by atoms with Crippen LogP contribution in [0.4, 0.5) is 20.4 Å². The zero-order chi connectivity index (χ0) is 21.8. The monoisotopic (exact) mass is 425 g/mol. The molecule has 2 aromatic heterocycles. The summed E-state index contributed by atoms with van der Waals surface area (Å²) < 4.78 is 29.2. The lowest BCUT2D eigenvalue weighted by Gasteiger charge is -2.18. The molecule has 0 bridgehead atoms. The Kier molecular flexibility index (Phi) is 6.01. The zero-order valence-corrected chi connectivity index (χ0v) is 16.8. The summed E-state index contributed by atoms with van der Waals surface area (Å²) in [5.41, 5.74) is 2.68. The van der Waals surface area contributed by atoms with E-state index in [0.29, 0.717) is 5.56 Å². The average Bonchev–Trinajstić information content (AvgIpc) is 3.24. The van der Waals surface area contributed by atoms with Gasteiger partial charge in [-0.15, -0.1) is 0 Å². The molecule has 1 N–H and O–H groups in total. The predicted molar refractivity (Wildman–Crippen MR) is 112 cm³/mol. The van der Waals surface area contributed by atoms with Crippen LogP contribution in [0.15, 0.2) is 55.1 Å². The molecule has 31 heavy (non-hydrogen) atoms. The summed E-state index contributed by atoms with van der Waals surface area (Å²) in [7, 11) is 0. The molecule has 0 unspecified atom stereocenters. The molecule has 7 nitrogen and oxygen atoms in total. The molecular weight excluding hydrogens is 404 g/mol. The second-order valence-electron chi connectivity index (χ2n) is 7.28. The average molecular weight is 425 g/mol. The van der Waals surface area contributed by atoms with E-state index in [1.165, 1.54) is 18.3 Å². The first-order valence-electron chi connectivity index (χ1n) is 9.83. The molecule has 1 amide bonds. The predicted octanol–water partition coefficient (Wildman–Crippen LogP) is 4.03. The SMILES string of the molecule is Cc1ccc(C(=O)Nc2cc(OC(F)F)ccn2)cc1[C@@H]1CCN(c2cnccn2)C1. The van der Waals surface area contributed by atoms with E-state index < -0.39 is 6.61 Å². The third-order valence-electron chi connectivity index (χ3n) is 5.24. The fraction of sp³-hybridized carbons (Fsp3) is 0.273. The van der Waals surface area contributed by atoms with E-state index in [2.05, 4.69) is 29.9 Å². The van der Waals surface area contributed by atoms with Gasteiger partial charge in [0.1, 0.15) is 17.4 Å². The maximum absolute atomic E-state index is 12.7. The number of benzene rings is 1. The number of carbonyl (C=O) groups is 1. The molecule has 1 atom stereocenters. The van der Waals surface area contributed by atoms with Crippen molar-refractivity contribution in [1.82, 2.24) is 15.0 Å². The minimum atomic E-state index is -2.95. The van der Waals surface area contributed by atoms with Gasteiger partial charge in [0.25, 0.3) is 5.91 Å². The Labute approximate surface area is 178 Å². The minimum absolute atomic E-state index is 0.0695. The summed E-state index contributed by atoms with van der Waals surface area (Å²) in [6, 6.07) is 8.10. The van der Waals surface area contributed by atoms with Crippen molar-refractivity contribution in [2.24, 2.45) is 0 Å². The molecular formula is C22H21F2N5O2. The molecule has 1 saturated heterocycles. The number of pyridine rings is 1. The number of hydrogen-bond acceptors (Lipinski definition) is 6. The van der Waals surface area contributed by atoms with E-state index in [0.717, 1.165) is 36.5 Å². The van der Waals surface area contributed by atoms with Crippen LogP contribution in [0.2, 0.25) is 0 Å². The number of amides is 1. The number of nitrogens with zero attached hydrogens (tertiary/aromatic N) is 4. The lowest BCUT2D eigenvalue weighted by Crippen LogP contribution is -2.20. The van der Waals surface area contributed by atoms with Crippen molar-refractivity contribution in [2.75, 3.05) is 23.3 Å². The molecule has 0 spiro atoms. The fourth-order valence-corrected chi connectivity index (χ4v) is 3.74. The van der Waals surface area contributed by atoms with Crippen LogP contribution in [0.1, 0.15) is 33.8 Å². The molecule has 1 aromatic carbocycles. The van der Waals surface area contributed by atoms with Crippen LogP contribution in [0.5, 0.6) is 5.75 Å². The van der Waals surface area contributed by atoms with E-state index >= 15 is 0 Å². The Morgan fingerprint density at radius 3 is 2.84 bits per heavy atom. The van der Waals surface area contributed by atoms with Gasteiger partial charge < -0.3 is 15.0 Å². The van der Waals surface area contributed by atoms with Crippen molar-refractivity contribution in [3.05, 3.63) is 71.8 Å². The molecule has 3 aromatic rings. The molecule has 1 aliphatic heterocycles. The largest absolute Gasteiger partial charge is 0.435 e. The van der Waals surface area contributed by atoms with Crippen LogP contribution >= 0.6 is 0 Å². The van der Waals surface area contributed by atoms with Gasteiger partial charge in [-0.05, 0) is 42.7 Å². The molecule has 0 saturated carbocycles. The summed E-state index contributed by atoms with van der Waals surface area (Å²) in [5.74, 6) is 0.802. The van der Waals surface area contributed by atoms with Gasteiger partial charge in [-0.1, -0.05) is 6.07 Å². The summed E-state index contributed by atoms with van der Waals surface area (Å²) in [6.45, 7) is 0.729. The minimum Gasteiger partial charge on any atom is -0.435 e. The fourth-order valence-electron chi connectivity index (χ4n) is 3.74. The first-order valence-corrected chi connectivity index (χ1v) is 9.83. The lowest BCUT2D eigenvalue weighted by atomic mass is 9.92. The molecule has 9 heteroatoms. The number of hydrogen-bond donors (Lipinski definition) is 1. The first-order chi connectivity index (χ1) is 15.0. The first kappa shape index (κ1) is 20.6. The van der Waals surface area contributed by atoms with E-state index in [-0.39, 0.29) is 23.4 Å². The van der Waals surface area contributed by atoms with Gasteiger partial charge in [0.15, 0.2) is 0 Å². The Balaban J connectivity index is 1.48. The Bertz CT molecular complexity index is 1060. The summed E-state index contributed by atoms with van der Waals surface area (Å²) >= 11 is 0. The molecule has 3 heterocycles. The lowest BCUT2D eigenvalue weighted by molar-refractivity contribution is -0.0498. The number of alkyl halides is 2. The third kappa shape index (κ3) is 4.93. The zero-order valence-electron chi connectivity index (χ0n) is 16.8. The molecule has 0 radical (unpaired) electrons. The van der Waals surface area contributed by atoms with Crippen LogP contribution < -0.4 is 15.0 Å². The second-order valence-corrected chi connectivity index (χ2v) is 7.28. The van der Waals surface area contributed by atoms with E-state index in [1.54, 1.807) is 24.7 Å². The highest BCUT2D eigenvalue weighted by molar-refractivity contribution is 6.04. The number of aromatic nitrogens is 3. The summed E-state index contributed by atoms with van der Waals surface area (Å²) in [6.07, 6.45) is 7.31. The highest BCUT2D eigenvalue weighted by Crippen LogP contribution is 2.32. The number of nitrogens with one attached hydrogen (secondary N) is 1. The van der Waals surface area contributed by atoms with Gasteiger partial charge in [-0.2, -0.15) is 8.78 Å². The number of anilines is 2. The molecule has 160 valence electrons. The Morgan fingerprint density at radius 2 is 2.06 bits per heavy atom. The van der Waals surface area contributed by atoms with Gasteiger partial charge in [-0.3, -0.25) is 9.78 Å². The standard InChI is InChI=1S/C22H21F2N5O2/c1-14-2-3-15(21(30)28-19-11-17(4-6-26-19)31-22(23)24)10-18(14)16-5-9-29(13-16)20-12-25-7-8-27-20/h2-4,6-8,10-12,16,22H,5,9,13H2,1H3,(H,26,28,30)/t16-/m1/s1. The van der Waals surface area contributed by atoms with Crippen molar-refractivity contribution in [3.63, 3.8) is 0 Å². The molecule has 1 aliphatic rings. The van der Waals surface area contributed by atoms with Gasteiger partial charge in [0, 0.05) is 49.2 Å². The van der Waals surface area contributed by atoms with E-state index in [4.69, 9.17) is 0 Å². The van der Waals surface area contributed by atoms with E-state index in [1.807, 2.05) is 19.1 Å².